The van der Waals surface area contributed by atoms with Crippen molar-refractivity contribution < 1.29 is 4.74 Å². The molecule has 2 atom stereocenters. The number of rotatable bonds is 4. The third kappa shape index (κ3) is 2.76. The molecule has 2 unspecified atom stereocenters. The Kier molecular flexibility index (Phi) is 4.12. The molecule has 0 aliphatic carbocycles. The molecule has 2 heterocycles. The van der Waals surface area contributed by atoms with Crippen molar-refractivity contribution in [1.29, 1.82) is 0 Å². The highest BCUT2D eigenvalue weighted by Crippen LogP contribution is 2.42. The van der Waals surface area contributed by atoms with Gasteiger partial charge < -0.3 is 14.5 Å². The molecule has 0 N–H and O–H groups in total. The summed E-state index contributed by atoms with van der Waals surface area (Å²) in [5.41, 5.74) is 2.90. The molecule has 1 aromatic rings. The van der Waals surface area contributed by atoms with E-state index in [-0.39, 0.29) is 0 Å². The lowest BCUT2D eigenvalue weighted by atomic mass is 9.93. The van der Waals surface area contributed by atoms with Gasteiger partial charge in [-0.1, -0.05) is 0 Å². The molecule has 2 aliphatic rings. The van der Waals surface area contributed by atoms with Gasteiger partial charge in [-0.3, -0.25) is 0 Å². The smallest absolute Gasteiger partial charge is 0.119 e. The largest absolute Gasteiger partial charge is 0.497 e. The first-order chi connectivity index (χ1) is 10.1. The maximum Gasteiger partial charge on any atom is 0.119 e. The van der Waals surface area contributed by atoms with Crippen LogP contribution in [-0.4, -0.2) is 44.2 Å². The monoisotopic (exact) mass is 288 g/mol. The predicted octanol–water partition coefficient (Wildman–Crippen LogP) is 3.49. The summed E-state index contributed by atoms with van der Waals surface area (Å²) in [5, 5.41) is 0. The lowest BCUT2D eigenvalue weighted by Crippen LogP contribution is -2.31. The molecule has 0 amide bonds. The van der Waals surface area contributed by atoms with Crippen LogP contribution in [0.2, 0.25) is 0 Å². The van der Waals surface area contributed by atoms with Crippen LogP contribution in [-0.2, 0) is 0 Å². The number of fused-ring (bicyclic) bond motifs is 1. The molecular weight excluding hydrogens is 260 g/mol. The van der Waals surface area contributed by atoms with Gasteiger partial charge in [0.2, 0.25) is 0 Å². The van der Waals surface area contributed by atoms with E-state index in [1.54, 1.807) is 7.11 Å². The summed E-state index contributed by atoms with van der Waals surface area (Å²) in [7, 11) is 4.04. The minimum atomic E-state index is 0.559. The first-order valence-electron chi connectivity index (χ1n) is 8.25. The van der Waals surface area contributed by atoms with E-state index in [0.717, 1.165) is 18.3 Å². The molecule has 0 radical (unpaired) electrons. The maximum atomic E-state index is 5.45. The molecule has 21 heavy (non-hydrogen) atoms. The summed E-state index contributed by atoms with van der Waals surface area (Å²) in [6.07, 6.45) is 3.99. The summed E-state index contributed by atoms with van der Waals surface area (Å²) < 4.78 is 5.45. The second kappa shape index (κ2) is 5.88. The first kappa shape index (κ1) is 14.7. The molecule has 3 rings (SSSR count). The Labute approximate surface area is 128 Å². The second-order valence-corrected chi connectivity index (χ2v) is 6.88. The van der Waals surface area contributed by atoms with Crippen molar-refractivity contribution in [3.8, 4) is 5.75 Å². The summed E-state index contributed by atoms with van der Waals surface area (Å²) in [6, 6.07) is 7.91. The van der Waals surface area contributed by atoms with Crippen molar-refractivity contribution in [1.82, 2.24) is 4.90 Å². The van der Waals surface area contributed by atoms with Gasteiger partial charge >= 0.3 is 0 Å². The molecule has 2 aliphatic heterocycles. The zero-order valence-electron chi connectivity index (χ0n) is 13.8. The maximum absolute atomic E-state index is 5.45. The van der Waals surface area contributed by atoms with Gasteiger partial charge in [-0.2, -0.15) is 0 Å². The van der Waals surface area contributed by atoms with Crippen LogP contribution < -0.4 is 9.64 Å². The van der Waals surface area contributed by atoms with Gasteiger partial charge in [0.05, 0.1) is 7.11 Å². The van der Waals surface area contributed by atoms with E-state index in [1.165, 1.54) is 37.1 Å². The Morgan fingerprint density at radius 3 is 2.76 bits per heavy atom. The van der Waals surface area contributed by atoms with Crippen LogP contribution in [0, 0.1) is 0 Å². The van der Waals surface area contributed by atoms with Crippen LogP contribution in [0.15, 0.2) is 18.2 Å². The standard InChI is InChI=1S/C18H28N2O/c1-13(2)20-12-14(10-15-6-5-9-19(15)3)17-11-16(21-4)7-8-18(17)20/h7-8,11,13-15H,5-6,9-10,12H2,1-4H3. The van der Waals surface area contributed by atoms with Crippen molar-refractivity contribution in [3.05, 3.63) is 23.8 Å². The van der Waals surface area contributed by atoms with Crippen molar-refractivity contribution in [3.63, 3.8) is 0 Å². The van der Waals surface area contributed by atoms with Crippen molar-refractivity contribution >= 4 is 5.69 Å². The molecule has 0 aromatic heterocycles. The predicted molar refractivity (Wildman–Crippen MR) is 88.5 cm³/mol. The lowest BCUT2D eigenvalue weighted by molar-refractivity contribution is 0.283. The average Bonchev–Trinajstić information content (AvgIpc) is 3.03. The van der Waals surface area contributed by atoms with Gasteiger partial charge in [-0.15, -0.1) is 0 Å². The molecule has 3 heteroatoms. The van der Waals surface area contributed by atoms with Gasteiger partial charge in [0, 0.05) is 30.2 Å². The number of hydrogen-bond acceptors (Lipinski definition) is 3. The van der Waals surface area contributed by atoms with Crippen LogP contribution in [0.3, 0.4) is 0 Å². The van der Waals surface area contributed by atoms with Gasteiger partial charge in [-0.05, 0) is 70.5 Å². The van der Waals surface area contributed by atoms with Crippen molar-refractivity contribution in [2.75, 3.05) is 32.1 Å². The Bertz CT molecular complexity index is 500. The van der Waals surface area contributed by atoms with E-state index in [0.29, 0.717) is 12.0 Å². The third-order valence-corrected chi connectivity index (χ3v) is 5.25. The highest BCUT2D eigenvalue weighted by atomic mass is 16.5. The average molecular weight is 288 g/mol. The van der Waals surface area contributed by atoms with E-state index < -0.39 is 0 Å². The summed E-state index contributed by atoms with van der Waals surface area (Å²) in [4.78, 5) is 5.09. The van der Waals surface area contributed by atoms with Crippen LogP contribution in [0.4, 0.5) is 5.69 Å². The minimum absolute atomic E-state index is 0.559. The van der Waals surface area contributed by atoms with Crippen LogP contribution in [0.25, 0.3) is 0 Å². The van der Waals surface area contributed by atoms with E-state index in [9.17, 15) is 0 Å². The minimum Gasteiger partial charge on any atom is -0.497 e. The fraction of sp³-hybridized carbons (Fsp3) is 0.667. The molecule has 0 saturated carbocycles. The Morgan fingerprint density at radius 2 is 2.14 bits per heavy atom. The van der Waals surface area contributed by atoms with E-state index in [2.05, 4.69) is 48.9 Å². The first-order valence-corrected chi connectivity index (χ1v) is 8.25. The molecule has 1 aromatic carbocycles. The quantitative estimate of drug-likeness (QED) is 0.843. The number of ether oxygens (including phenoxy) is 1. The SMILES string of the molecule is COc1ccc2c(c1)C(CC1CCCN1C)CN2C(C)C. The van der Waals surface area contributed by atoms with E-state index >= 15 is 0 Å². The van der Waals surface area contributed by atoms with Crippen LogP contribution >= 0.6 is 0 Å². The van der Waals surface area contributed by atoms with Gasteiger partial charge in [0.15, 0.2) is 0 Å². The number of anilines is 1. The Hall–Kier alpha value is -1.22. The Balaban J connectivity index is 1.86. The van der Waals surface area contributed by atoms with Crippen LogP contribution in [0.5, 0.6) is 5.75 Å². The Morgan fingerprint density at radius 1 is 1.33 bits per heavy atom. The van der Waals surface area contributed by atoms with Gasteiger partial charge in [0.25, 0.3) is 0 Å². The molecule has 3 nitrogen and oxygen atoms in total. The summed E-state index contributed by atoms with van der Waals surface area (Å²) in [6.45, 7) is 7.00. The molecule has 1 fully saturated rings. The number of benzene rings is 1. The molecule has 116 valence electrons. The van der Waals surface area contributed by atoms with Gasteiger partial charge in [-0.25, -0.2) is 0 Å². The number of likely N-dealkylation sites (tertiary alicyclic amines) is 1. The number of methoxy groups -OCH3 is 1. The highest BCUT2D eigenvalue weighted by Gasteiger charge is 2.33. The second-order valence-electron chi connectivity index (χ2n) is 6.88. The number of nitrogens with zero attached hydrogens (tertiary/aromatic N) is 2. The van der Waals surface area contributed by atoms with Crippen LogP contribution in [0.1, 0.15) is 44.6 Å². The topological polar surface area (TPSA) is 15.7 Å². The fourth-order valence-electron chi connectivity index (χ4n) is 3.98. The van der Waals surface area contributed by atoms with Crippen molar-refractivity contribution in [2.24, 2.45) is 0 Å². The van der Waals surface area contributed by atoms with E-state index in [1.807, 2.05) is 0 Å². The summed E-state index contributed by atoms with van der Waals surface area (Å²) in [5.74, 6) is 1.63. The lowest BCUT2D eigenvalue weighted by Gasteiger charge is -2.26. The van der Waals surface area contributed by atoms with E-state index in [4.69, 9.17) is 4.74 Å². The molecule has 0 bridgehead atoms. The highest BCUT2D eigenvalue weighted by molar-refractivity contribution is 5.63. The zero-order valence-corrected chi connectivity index (χ0v) is 13.8. The third-order valence-electron chi connectivity index (χ3n) is 5.25. The van der Waals surface area contributed by atoms with Gasteiger partial charge in [0.1, 0.15) is 5.75 Å². The molecular formula is C18H28N2O. The normalized spacial score (nSPS) is 25.7. The molecule has 1 saturated heterocycles. The fourth-order valence-corrected chi connectivity index (χ4v) is 3.98. The van der Waals surface area contributed by atoms with Crippen molar-refractivity contribution in [2.45, 2.75) is 51.1 Å². The zero-order chi connectivity index (χ0) is 15.0. The molecule has 0 spiro atoms. The summed E-state index contributed by atoms with van der Waals surface area (Å²) >= 11 is 0. The number of hydrogen-bond donors (Lipinski definition) is 0.